The van der Waals surface area contributed by atoms with Gasteiger partial charge in [0.2, 0.25) is 5.91 Å². The second kappa shape index (κ2) is 15.0. The first kappa shape index (κ1) is 33.1. The lowest BCUT2D eigenvalue weighted by Crippen LogP contribution is -2.45. The second-order valence-electron chi connectivity index (χ2n) is 14.3. The van der Waals surface area contributed by atoms with Gasteiger partial charge in [-0.2, -0.15) is 5.10 Å². The van der Waals surface area contributed by atoms with Crippen LogP contribution in [0.1, 0.15) is 90.5 Å². The lowest BCUT2D eigenvalue weighted by molar-refractivity contribution is -0.124. The number of carbonyl (C=O) groups excluding carboxylic acids is 2. The lowest BCUT2D eigenvalue weighted by Gasteiger charge is -2.37. The number of nitrogens with zero attached hydrogens (tertiary/aromatic N) is 4. The highest BCUT2D eigenvalue weighted by Crippen LogP contribution is 2.38. The van der Waals surface area contributed by atoms with Crippen LogP contribution >= 0.6 is 0 Å². The van der Waals surface area contributed by atoms with Gasteiger partial charge in [-0.05, 0) is 126 Å². The first-order valence-corrected chi connectivity index (χ1v) is 17.8. The molecule has 1 aromatic heterocycles. The molecule has 6 rings (SSSR count). The van der Waals surface area contributed by atoms with Crippen LogP contribution in [-0.2, 0) is 14.3 Å². The number of allylic oxidation sites excluding steroid dienone is 4. The molecular weight excluding hydrogens is 588 g/mol. The van der Waals surface area contributed by atoms with E-state index in [4.69, 9.17) is 9.47 Å². The smallest absolute Gasteiger partial charge is 0.410 e. The minimum atomic E-state index is -0.195. The Kier molecular flexibility index (Phi) is 10.5. The van der Waals surface area contributed by atoms with Gasteiger partial charge in [-0.3, -0.25) is 9.48 Å². The SMILES string of the molecule is C=C(/C=C\C(OC)=C(C)C)C1CCC(CN(C(=O)C2CCC(OC(=O)N3CCC3)CC2)c2cccc(-c3cnn(C4CC4)c3)c2)CC1. The third-order valence-corrected chi connectivity index (χ3v) is 10.7. The normalized spacial score (nSPS) is 24.4. The van der Waals surface area contributed by atoms with Crippen LogP contribution in [0.15, 0.2) is 72.3 Å². The molecule has 4 aliphatic rings. The van der Waals surface area contributed by atoms with E-state index in [1.807, 2.05) is 12.3 Å². The number of rotatable bonds is 11. The number of likely N-dealkylation sites (tertiary alicyclic amines) is 1. The Balaban J connectivity index is 1.13. The van der Waals surface area contributed by atoms with E-state index >= 15 is 0 Å². The van der Waals surface area contributed by atoms with Crippen molar-refractivity contribution in [2.45, 2.75) is 96.6 Å². The summed E-state index contributed by atoms with van der Waals surface area (Å²) >= 11 is 0. The molecule has 2 amide bonds. The Morgan fingerprint density at radius 2 is 1.68 bits per heavy atom. The number of methoxy groups -OCH3 is 1. The molecule has 0 radical (unpaired) electrons. The monoisotopic (exact) mass is 640 g/mol. The summed E-state index contributed by atoms with van der Waals surface area (Å²) in [5, 5.41) is 4.61. The standard InChI is InChI=1S/C39H52N4O4/c1-27(2)37(46-4)20-9-28(3)30-12-10-29(11-13-30)25-42(35-8-5-7-32(23-35)33-24-40-43(26-33)34-16-17-34)38(44)31-14-18-36(19-15-31)47-39(45)41-21-6-22-41/h5,7-9,20,23-24,26,29-31,34,36H,3,6,10-19,21-22,25H2,1-2,4H3/b20-9-. The molecule has 0 bridgehead atoms. The molecule has 47 heavy (non-hydrogen) atoms. The number of aromatic nitrogens is 2. The van der Waals surface area contributed by atoms with E-state index in [2.05, 4.69) is 71.6 Å². The summed E-state index contributed by atoms with van der Waals surface area (Å²) < 4.78 is 13.4. The van der Waals surface area contributed by atoms with Gasteiger partial charge in [0.1, 0.15) is 11.9 Å². The van der Waals surface area contributed by atoms with Crippen LogP contribution in [0.4, 0.5) is 10.5 Å². The van der Waals surface area contributed by atoms with Gasteiger partial charge in [-0.15, -0.1) is 0 Å². The maximum atomic E-state index is 14.4. The molecule has 1 aliphatic heterocycles. The molecule has 4 fully saturated rings. The maximum absolute atomic E-state index is 14.4. The highest BCUT2D eigenvalue weighted by atomic mass is 16.6. The predicted octanol–water partition coefficient (Wildman–Crippen LogP) is 8.48. The summed E-state index contributed by atoms with van der Waals surface area (Å²) in [6, 6.07) is 8.97. The molecular formula is C39H52N4O4. The third-order valence-electron chi connectivity index (χ3n) is 10.7. The number of benzene rings is 1. The largest absolute Gasteiger partial charge is 0.497 e. The molecule has 1 saturated heterocycles. The van der Waals surface area contributed by atoms with Crippen LogP contribution in [0.3, 0.4) is 0 Å². The first-order chi connectivity index (χ1) is 22.8. The van der Waals surface area contributed by atoms with Gasteiger partial charge >= 0.3 is 6.09 Å². The Hall–Kier alpha value is -3.81. The quantitative estimate of drug-likeness (QED) is 0.182. The molecule has 252 valence electrons. The average molecular weight is 641 g/mol. The van der Waals surface area contributed by atoms with Gasteiger partial charge in [0.15, 0.2) is 0 Å². The predicted molar refractivity (Wildman–Crippen MR) is 186 cm³/mol. The fraction of sp³-hybridized carbons (Fsp3) is 0.564. The molecule has 8 heteroatoms. The van der Waals surface area contributed by atoms with Crippen molar-refractivity contribution in [3.05, 3.63) is 72.3 Å². The van der Waals surface area contributed by atoms with Crippen LogP contribution in [-0.4, -0.2) is 59.5 Å². The number of ether oxygens (including phenoxy) is 2. The molecule has 2 aromatic rings. The Morgan fingerprint density at radius 1 is 0.957 bits per heavy atom. The van der Waals surface area contributed by atoms with Crippen molar-refractivity contribution < 1.29 is 19.1 Å². The molecule has 0 N–H and O–H groups in total. The fourth-order valence-electron chi connectivity index (χ4n) is 7.30. The summed E-state index contributed by atoms with van der Waals surface area (Å²) in [4.78, 5) is 30.6. The van der Waals surface area contributed by atoms with Crippen molar-refractivity contribution in [3.8, 4) is 11.1 Å². The zero-order valence-corrected chi connectivity index (χ0v) is 28.5. The average Bonchev–Trinajstić information content (AvgIpc) is 3.79. The molecule has 0 spiro atoms. The van der Waals surface area contributed by atoms with E-state index < -0.39 is 0 Å². The summed E-state index contributed by atoms with van der Waals surface area (Å²) in [5.74, 6) is 1.89. The van der Waals surface area contributed by atoms with Crippen LogP contribution in [0, 0.1) is 17.8 Å². The van der Waals surface area contributed by atoms with Gasteiger partial charge in [0, 0.05) is 43.0 Å². The zero-order chi connectivity index (χ0) is 32.9. The van der Waals surface area contributed by atoms with Crippen molar-refractivity contribution in [1.29, 1.82) is 0 Å². The van der Waals surface area contributed by atoms with E-state index in [9.17, 15) is 9.59 Å². The van der Waals surface area contributed by atoms with E-state index in [1.165, 1.54) is 12.8 Å². The Labute approximate surface area is 280 Å². The second-order valence-corrected chi connectivity index (χ2v) is 14.3. The molecule has 3 saturated carbocycles. The summed E-state index contributed by atoms with van der Waals surface area (Å²) in [5.41, 5.74) is 5.44. The fourth-order valence-corrected chi connectivity index (χ4v) is 7.30. The minimum Gasteiger partial charge on any atom is -0.497 e. The number of anilines is 1. The van der Waals surface area contributed by atoms with Crippen LogP contribution in [0.2, 0.25) is 0 Å². The highest BCUT2D eigenvalue weighted by Gasteiger charge is 2.35. The first-order valence-electron chi connectivity index (χ1n) is 17.8. The van der Waals surface area contributed by atoms with Crippen LogP contribution < -0.4 is 4.90 Å². The van der Waals surface area contributed by atoms with E-state index in [-0.39, 0.29) is 24.0 Å². The Morgan fingerprint density at radius 3 is 2.32 bits per heavy atom. The van der Waals surface area contributed by atoms with E-state index in [0.29, 0.717) is 24.4 Å². The zero-order valence-electron chi connectivity index (χ0n) is 28.5. The highest BCUT2D eigenvalue weighted by molar-refractivity contribution is 5.95. The van der Waals surface area contributed by atoms with Crippen molar-refractivity contribution in [2.24, 2.45) is 17.8 Å². The van der Waals surface area contributed by atoms with Gasteiger partial charge in [0.05, 0.1) is 19.3 Å². The summed E-state index contributed by atoms with van der Waals surface area (Å²) in [6.45, 7) is 10.8. The van der Waals surface area contributed by atoms with Crippen molar-refractivity contribution in [3.63, 3.8) is 0 Å². The van der Waals surface area contributed by atoms with Crippen molar-refractivity contribution in [1.82, 2.24) is 14.7 Å². The van der Waals surface area contributed by atoms with Crippen LogP contribution in [0.5, 0.6) is 0 Å². The summed E-state index contributed by atoms with van der Waals surface area (Å²) in [7, 11) is 1.71. The third kappa shape index (κ3) is 8.20. The van der Waals surface area contributed by atoms with Crippen molar-refractivity contribution >= 4 is 17.7 Å². The maximum Gasteiger partial charge on any atom is 0.410 e. The van der Waals surface area contributed by atoms with Gasteiger partial charge in [-0.25, -0.2) is 4.79 Å². The van der Waals surface area contributed by atoms with Crippen LogP contribution in [0.25, 0.3) is 11.1 Å². The number of hydrogen-bond acceptors (Lipinski definition) is 5. The van der Waals surface area contributed by atoms with Crippen molar-refractivity contribution in [2.75, 3.05) is 31.6 Å². The molecule has 0 atom stereocenters. The minimum absolute atomic E-state index is 0.0680. The molecule has 3 aliphatic carbocycles. The molecule has 1 aromatic carbocycles. The van der Waals surface area contributed by atoms with Gasteiger partial charge in [-0.1, -0.05) is 30.4 Å². The van der Waals surface area contributed by atoms with E-state index in [1.54, 1.807) is 12.0 Å². The van der Waals surface area contributed by atoms with Gasteiger partial charge < -0.3 is 19.3 Å². The molecule has 2 heterocycles. The molecule has 8 nitrogen and oxygen atoms in total. The lowest BCUT2D eigenvalue weighted by atomic mass is 9.78. The Bertz CT molecular complexity index is 1480. The van der Waals surface area contributed by atoms with Gasteiger partial charge in [0.25, 0.3) is 0 Å². The number of hydrogen-bond donors (Lipinski definition) is 0. The summed E-state index contributed by atoms with van der Waals surface area (Å²) in [6.07, 6.45) is 18.6. The molecule has 0 unspecified atom stereocenters. The number of amides is 2. The van der Waals surface area contributed by atoms with E-state index in [0.717, 1.165) is 105 Å². The number of carbonyl (C=O) groups is 2. The topological polar surface area (TPSA) is 76.9 Å².